The predicted molar refractivity (Wildman–Crippen MR) is 137 cm³/mol. The van der Waals surface area contributed by atoms with E-state index in [1.165, 1.54) is 0 Å². The summed E-state index contributed by atoms with van der Waals surface area (Å²) in [6, 6.07) is 18.3. The smallest absolute Gasteiger partial charge is 0.349 e. The lowest BCUT2D eigenvalue weighted by molar-refractivity contribution is -0.143. The van der Waals surface area contributed by atoms with Crippen molar-refractivity contribution in [1.29, 1.82) is 0 Å². The van der Waals surface area contributed by atoms with Gasteiger partial charge >= 0.3 is 12.4 Å². The van der Waals surface area contributed by atoms with E-state index in [1.54, 1.807) is 54.6 Å². The van der Waals surface area contributed by atoms with Gasteiger partial charge in [0.1, 0.15) is 0 Å². The highest BCUT2D eigenvalue weighted by Gasteiger charge is 2.37. The molecule has 1 aliphatic heterocycles. The van der Waals surface area contributed by atoms with Crippen LogP contribution in [0.4, 0.5) is 26.3 Å². The monoisotopic (exact) mass is 562 g/mol. The molecule has 0 aromatic heterocycles. The van der Waals surface area contributed by atoms with Crippen LogP contribution in [-0.2, 0) is 23.6 Å². The van der Waals surface area contributed by atoms with Gasteiger partial charge in [0.25, 0.3) is 5.91 Å². The molecule has 1 unspecified atom stereocenters. The molecule has 1 aliphatic rings. The average Bonchev–Trinajstić information content (AvgIpc) is 2.93. The summed E-state index contributed by atoms with van der Waals surface area (Å²) >= 11 is 0. The van der Waals surface area contributed by atoms with Crippen molar-refractivity contribution in [3.8, 4) is 0 Å². The number of halogens is 6. The molecule has 212 valence electrons. The van der Waals surface area contributed by atoms with E-state index in [4.69, 9.17) is 0 Å². The number of carbonyl (C=O) groups excluding carboxylic acids is 2. The largest absolute Gasteiger partial charge is 0.416 e. The first-order valence-electron chi connectivity index (χ1n) is 12.9. The maximum absolute atomic E-state index is 13.5. The van der Waals surface area contributed by atoms with E-state index in [0.717, 1.165) is 0 Å². The fraction of sp³-hybridized carbons (Fsp3) is 0.333. The van der Waals surface area contributed by atoms with Crippen molar-refractivity contribution in [2.24, 2.45) is 0 Å². The average molecular weight is 563 g/mol. The lowest BCUT2D eigenvalue weighted by Gasteiger charge is -2.37. The van der Waals surface area contributed by atoms with Gasteiger partial charge in [-0.2, -0.15) is 26.3 Å². The fourth-order valence-corrected chi connectivity index (χ4v) is 4.96. The molecular weight excluding hydrogens is 534 g/mol. The molecule has 1 saturated heterocycles. The maximum atomic E-state index is 13.5. The van der Waals surface area contributed by atoms with E-state index >= 15 is 0 Å². The number of amides is 1. The van der Waals surface area contributed by atoms with Crippen LogP contribution in [0.1, 0.15) is 57.9 Å². The van der Waals surface area contributed by atoms with Gasteiger partial charge in [0.15, 0.2) is 5.78 Å². The number of aryl methyl sites for hydroxylation is 1. The van der Waals surface area contributed by atoms with E-state index in [2.05, 4.69) is 5.32 Å². The minimum absolute atomic E-state index is 0.0822. The molecule has 4 nitrogen and oxygen atoms in total. The second kappa shape index (κ2) is 12.2. The Labute approximate surface area is 228 Å². The molecule has 3 aromatic rings. The molecule has 40 heavy (non-hydrogen) atoms. The van der Waals surface area contributed by atoms with Crippen molar-refractivity contribution < 1.29 is 35.9 Å². The Bertz CT molecular complexity index is 1270. The summed E-state index contributed by atoms with van der Waals surface area (Å²) in [5, 5.41) is 3.01. The van der Waals surface area contributed by atoms with Crippen molar-refractivity contribution in [3.05, 3.63) is 107 Å². The highest BCUT2D eigenvalue weighted by molar-refractivity contribution is 5.94. The minimum atomic E-state index is -4.95. The first-order chi connectivity index (χ1) is 18.9. The summed E-state index contributed by atoms with van der Waals surface area (Å²) in [5.41, 5.74) is -1.76. The second-order valence-corrected chi connectivity index (χ2v) is 9.84. The normalized spacial score (nSPS) is 15.9. The molecule has 0 bridgehead atoms. The summed E-state index contributed by atoms with van der Waals surface area (Å²) in [5.74, 6) is -0.488. The fourth-order valence-electron chi connectivity index (χ4n) is 4.96. The number of carbonyl (C=O) groups is 2. The van der Waals surface area contributed by atoms with E-state index in [1.807, 2.05) is 11.0 Å². The lowest BCUT2D eigenvalue weighted by atomic mass is 9.93. The molecule has 0 radical (unpaired) electrons. The molecule has 0 spiro atoms. The number of nitrogens with zero attached hydrogens (tertiary/aromatic N) is 1. The summed E-state index contributed by atoms with van der Waals surface area (Å²) in [6.45, 7) is 0.958. The Morgan fingerprint density at radius 1 is 0.800 bits per heavy atom. The van der Waals surface area contributed by atoms with Crippen LogP contribution in [0.25, 0.3) is 0 Å². The lowest BCUT2D eigenvalue weighted by Crippen LogP contribution is -2.47. The van der Waals surface area contributed by atoms with E-state index < -0.39 is 29.5 Å². The van der Waals surface area contributed by atoms with Gasteiger partial charge in [0.2, 0.25) is 0 Å². The maximum Gasteiger partial charge on any atom is 0.416 e. The summed E-state index contributed by atoms with van der Waals surface area (Å²) in [4.78, 5) is 28.0. The molecule has 0 aliphatic carbocycles. The molecule has 1 amide bonds. The van der Waals surface area contributed by atoms with E-state index in [9.17, 15) is 35.9 Å². The zero-order valence-electron chi connectivity index (χ0n) is 21.4. The standard InChI is InChI=1S/C30H28F6N2O2/c31-29(32,33)23-17-20(18-24(19-23)30(34,35)36)11-12-26(39)27(21-7-3-1-4-8-21)38-15-13-25(14-16-38)37-28(40)22-9-5-2-6-10-22/h1-10,17-19,25,27H,11-16H2,(H,37,40). The summed E-state index contributed by atoms with van der Waals surface area (Å²) in [7, 11) is 0. The quantitative estimate of drug-likeness (QED) is 0.305. The number of ketones is 1. The molecule has 0 saturated carbocycles. The van der Waals surface area contributed by atoms with Crippen molar-refractivity contribution in [3.63, 3.8) is 0 Å². The van der Waals surface area contributed by atoms with Gasteiger partial charge in [0, 0.05) is 31.1 Å². The number of hydrogen-bond donors (Lipinski definition) is 1. The third-order valence-corrected chi connectivity index (χ3v) is 6.99. The van der Waals surface area contributed by atoms with Crippen LogP contribution in [0.2, 0.25) is 0 Å². The summed E-state index contributed by atoms with van der Waals surface area (Å²) < 4.78 is 79.6. The topological polar surface area (TPSA) is 49.4 Å². The molecule has 1 fully saturated rings. The number of Topliss-reactive ketones (excluding diaryl/α,β-unsaturated/α-hetero) is 1. The molecule has 10 heteroatoms. The van der Waals surface area contributed by atoms with Gasteiger partial charge in [-0.05, 0) is 60.7 Å². The zero-order valence-corrected chi connectivity index (χ0v) is 21.4. The van der Waals surface area contributed by atoms with Crippen molar-refractivity contribution >= 4 is 11.7 Å². The Balaban J connectivity index is 1.46. The van der Waals surface area contributed by atoms with E-state index in [-0.39, 0.29) is 42.2 Å². The number of hydrogen-bond acceptors (Lipinski definition) is 3. The van der Waals surface area contributed by atoms with Gasteiger partial charge in [-0.25, -0.2) is 0 Å². The van der Waals surface area contributed by atoms with Crippen LogP contribution in [-0.4, -0.2) is 35.7 Å². The van der Waals surface area contributed by atoms with Gasteiger partial charge in [-0.3, -0.25) is 14.5 Å². The number of benzene rings is 3. The Morgan fingerprint density at radius 2 is 1.32 bits per heavy atom. The van der Waals surface area contributed by atoms with Crippen LogP contribution in [0.15, 0.2) is 78.9 Å². The number of alkyl halides is 6. The number of nitrogens with one attached hydrogen (secondary N) is 1. The number of likely N-dealkylation sites (tertiary alicyclic amines) is 1. The first kappa shape index (κ1) is 29.3. The van der Waals surface area contributed by atoms with Crippen molar-refractivity contribution in [2.75, 3.05) is 13.1 Å². The molecule has 4 rings (SSSR count). The van der Waals surface area contributed by atoms with Crippen molar-refractivity contribution in [1.82, 2.24) is 10.2 Å². The SMILES string of the molecule is O=C(NC1CCN(C(C(=O)CCc2cc(C(F)(F)F)cc(C(F)(F)F)c2)c2ccccc2)CC1)c1ccccc1. The van der Waals surface area contributed by atoms with Gasteiger partial charge in [-0.15, -0.1) is 0 Å². The molecule has 1 N–H and O–H groups in total. The molecule has 3 aromatic carbocycles. The molecular formula is C30H28F6N2O2. The molecule has 1 heterocycles. The number of rotatable bonds is 8. The number of piperidine rings is 1. The van der Waals surface area contributed by atoms with Crippen LogP contribution in [0, 0.1) is 0 Å². The minimum Gasteiger partial charge on any atom is -0.349 e. The Morgan fingerprint density at radius 3 is 1.85 bits per heavy atom. The van der Waals surface area contributed by atoms with Gasteiger partial charge in [-0.1, -0.05) is 48.5 Å². The highest BCUT2D eigenvalue weighted by Crippen LogP contribution is 2.37. The third-order valence-electron chi connectivity index (χ3n) is 6.99. The van der Waals surface area contributed by atoms with Crippen molar-refractivity contribution in [2.45, 2.75) is 50.1 Å². The zero-order chi connectivity index (χ0) is 28.9. The van der Waals surface area contributed by atoms with Crippen LogP contribution in [0.5, 0.6) is 0 Å². The molecule has 1 atom stereocenters. The predicted octanol–water partition coefficient (Wildman–Crippen LogP) is 6.86. The van der Waals surface area contributed by atoms with Crippen LogP contribution < -0.4 is 5.32 Å². The Kier molecular flexibility index (Phi) is 8.98. The van der Waals surface area contributed by atoms with E-state index in [0.29, 0.717) is 49.2 Å². The van der Waals surface area contributed by atoms with Crippen LogP contribution >= 0.6 is 0 Å². The first-order valence-corrected chi connectivity index (χ1v) is 12.9. The van der Waals surface area contributed by atoms with Crippen LogP contribution in [0.3, 0.4) is 0 Å². The summed E-state index contributed by atoms with van der Waals surface area (Å²) in [6.07, 6.45) is -9.24. The Hall–Kier alpha value is -3.66. The highest BCUT2D eigenvalue weighted by atomic mass is 19.4. The second-order valence-electron chi connectivity index (χ2n) is 9.84. The van der Waals surface area contributed by atoms with Gasteiger partial charge < -0.3 is 5.32 Å². The third kappa shape index (κ3) is 7.50. The van der Waals surface area contributed by atoms with Gasteiger partial charge in [0.05, 0.1) is 17.2 Å².